The average molecular weight is 260 g/mol. The first-order chi connectivity index (χ1) is 8.09. The van der Waals surface area contributed by atoms with Gasteiger partial charge in [-0.15, -0.1) is 0 Å². The fraction of sp³-hybridized carbons (Fsp3) is 0.909. The van der Waals surface area contributed by atoms with Crippen LogP contribution in [0, 0.1) is 0 Å². The Hall–Kier alpha value is -0.460. The second kappa shape index (κ2) is 7.08. The van der Waals surface area contributed by atoms with Crippen LogP contribution in [0.25, 0.3) is 0 Å². The zero-order valence-electron chi connectivity index (χ0n) is 11.0. The summed E-state index contributed by atoms with van der Waals surface area (Å²) in [5.74, 6) is 7.46. The van der Waals surface area contributed by atoms with Gasteiger partial charge in [-0.2, -0.15) is 11.8 Å². The SMILES string of the molecule is COCCCN=C(NN)N1CCSC(C)(C)C1. The topological polar surface area (TPSA) is 62.9 Å². The third-order valence-corrected chi connectivity index (χ3v) is 3.92. The van der Waals surface area contributed by atoms with Gasteiger partial charge in [0.1, 0.15) is 0 Å². The highest BCUT2D eigenvalue weighted by Crippen LogP contribution is 2.29. The molecule has 0 aliphatic carbocycles. The zero-order valence-corrected chi connectivity index (χ0v) is 11.8. The summed E-state index contributed by atoms with van der Waals surface area (Å²) in [4.78, 5) is 6.71. The van der Waals surface area contributed by atoms with E-state index >= 15 is 0 Å². The normalized spacial score (nSPS) is 20.5. The van der Waals surface area contributed by atoms with Gasteiger partial charge in [-0.05, 0) is 20.3 Å². The molecule has 0 unspecified atom stereocenters. The molecule has 100 valence electrons. The second-order valence-corrected chi connectivity index (χ2v) is 6.53. The summed E-state index contributed by atoms with van der Waals surface area (Å²) < 4.78 is 5.26. The molecule has 1 saturated heterocycles. The van der Waals surface area contributed by atoms with Crippen molar-refractivity contribution in [3.63, 3.8) is 0 Å². The Bertz CT molecular complexity index is 258. The smallest absolute Gasteiger partial charge is 0.208 e. The number of hydrogen-bond donors (Lipinski definition) is 2. The van der Waals surface area contributed by atoms with Crippen LogP contribution in [-0.4, -0.2) is 54.7 Å². The van der Waals surface area contributed by atoms with E-state index in [1.807, 2.05) is 11.8 Å². The first kappa shape index (κ1) is 14.6. The zero-order chi connectivity index (χ0) is 12.7. The van der Waals surface area contributed by atoms with Gasteiger partial charge in [-0.1, -0.05) is 0 Å². The molecule has 1 fully saturated rings. The van der Waals surface area contributed by atoms with E-state index in [1.54, 1.807) is 7.11 Å². The summed E-state index contributed by atoms with van der Waals surface area (Å²) in [5, 5.41) is 0. The van der Waals surface area contributed by atoms with Crippen molar-refractivity contribution < 1.29 is 4.74 Å². The molecule has 0 aromatic heterocycles. The largest absolute Gasteiger partial charge is 0.385 e. The molecule has 0 aromatic carbocycles. The summed E-state index contributed by atoms with van der Waals surface area (Å²) in [5.41, 5.74) is 2.71. The average Bonchev–Trinajstić information content (AvgIpc) is 2.28. The quantitative estimate of drug-likeness (QED) is 0.256. The third kappa shape index (κ3) is 5.14. The van der Waals surface area contributed by atoms with Gasteiger partial charge < -0.3 is 9.64 Å². The molecule has 0 bridgehead atoms. The highest BCUT2D eigenvalue weighted by Gasteiger charge is 2.28. The molecular weight excluding hydrogens is 236 g/mol. The van der Waals surface area contributed by atoms with E-state index in [0.29, 0.717) is 0 Å². The molecule has 6 heteroatoms. The number of hydrazine groups is 1. The molecule has 1 aliphatic heterocycles. The number of guanidine groups is 1. The Morgan fingerprint density at radius 2 is 2.35 bits per heavy atom. The number of nitrogens with two attached hydrogens (primary N) is 1. The van der Waals surface area contributed by atoms with Crippen molar-refractivity contribution in [1.82, 2.24) is 10.3 Å². The first-order valence-electron chi connectivity index (χ1n) is 5.98. The van der Waals surface area contributed by atoms with Gasteiger partial charge in [-0.3, -0.25) is 10.4 Å². The van der Waals surface area contributed by atoms with Crippen LogP contribution in [0.15, 0.2) is 4.99 Å². The fourth-order valence-corrected chi connectivity index (χ4v) is 2.94. The molecule has 1 aliphatic rings. The van der Waals surface area contributed by atoms with Gasteiger partial charge in [0.15, 0.2) is 0 Å². The lowest BCUT2D eigenvalue weighted by atomic mass is 10.2. The maximum Gasteiger partial charge on any atom is 0.208 e. The Morgan fingerprint density at radius 3 is 2.94 bits per heavy atom. The minimum absolute atomic E-state index is 0.266. The van der Waals surface area contributed by atoms with E-state index in [2.05, 4.69) is 29.2 Å². The van der Waals surface area contributed by atoms with Crippen LogP contribution in [0.4, 0.5) is 0 Å². The summed E-state index contributed by atoms with van der Waals surface area (Å²) in [6, 6.07) is 0. The molecule has 0 radical (unpaired) electrons. The second-order valence-electron chi connectivity index (χ2n) is 4.73. The van der Waals surface area contributed by atoms with Gasteiger partial charge in [0.25, 0.3) is 0 Å². The Balaban J connectivity index is 2.48. The van der Waals surface area contributed by atoms with Crippen molar-refractivity contribution in [3.05, 3.63) is 0 Å². The van der Waals surface area contributed by atoms with E-state index in [1.165, 1.54) is 0 Å². The van der Waals surface area contributed by atoms with Crippen molar-refractivity contribution in [3.8, 4) is 0 Å². The summed E-state index contributed by atoms with van der Waals surface area (Å²) in [6.07, 6.45) is 0.924. The predicted octanol–water partition coefficient (Wildman–Crippen LogP) is 0.670. The molecule has 3 N–H and O–H groups in total. The number of nitrogens with one attached hydrogen (secondary N) is 1. The van der Waals surface area contributed by atoms with Crippen molar-refractivity contribution >= 4 is 17.7 Å². The van der Waals surface area contributed by atoms with Crippen molar-refractivity contribution in [2.24, 2.45) is 10.8 Å². The number of thioether (sulfide) groups is 1. The number of ether oxygens (including phenoxy) is 1. The molecule has 0 saturated carbocycles. The minimum atomic E-state index is 0.266. The highest BCUT2D eigenvalue weighted by atomic mass is 32.2. The molecule has 0 atom stereocenters. The summed E-state index contributed by atoms with van der Waals surface area (Å²) in [7, 11) is 1.70. The van der Waals surface area contributed by atoms with Crippen LogP contribution in [0.5, 0.6) is 0 Å². The molecule has 1 rings (SSSR count). The van der Waals surface area contributed by atoms with E-state index in [4.69, 9.17) is 10.6 Å². The molecule has 17 heavy (non-hydrogen) atoms. The maximum atomic E-state index is 5.55. The van der Waals surface area contributed by atoms with E-state index in [0.717, 1.165) is 44.4 Å². The van der Waals surface area contributed by atoms with Crippen LogP contribution in [0.1, 0.15) is 20.3 Å². The summed E-state index contributed by atoms with van der Waals surface area (Å²) >= 11 is 2.00. The minimum Gasteiger partial charge on any atom is -0.385 e. The highest BCUT2D eigenvalue weighted by molar-refractivity contribution is 8.00. The lowest BCUT2D eigenvalue weighted by Crippen LogP contribution is -2.52. The molecule has 0 spiro atoms. The number of hydrogen-bond acceptors (Lipinski definition) is 4. The van der Waals surface area contributed by atoms with E-state index in [9.17, 15) is 0 Å². The van der Waals surface area contributed by atoms with Crippen LogP contribution in [-0.2, 0) is 4.74 Å². The van der Waals surface area contributed by atoms with E-state index < -0.39 is 0 Å². The maximum absolute atomic E-state index is 5.55. The van der Waals surface area contributed by atoms with Crippen LogP contribution >= 0.6 is 11.8 Å². The predicted molar refractivity (Wildman–Crippen MR) is 74.2 cm³/mol. The Labute approximate surface area is 108 Å². The van der Waals surface area contributed by atoms with Gasteiger partial charge in [0.2, 0.25) is 5.96 Å². The van der Waals surface area contributed by atoms with Crippen LogP contribution in [0.3, 0.4) is 0 Å². The van der Waals surface area contributed by atoms with Gasteiger partial charge in [-0.25, -0.2) is 5.84 Å². The van der Waals surface area contributed by atoms with Crippen LogP contribution in [0.2, 0.25) is 0 Å². The molecule has 0 aromatic rings. The van der Waals surface area contributed by atoms with Crippen molar-refractivity contribution in [2.75, 3.05) is 39.1 Å². The van der Waals surface area contributed by atoms with Crippen molar-refractivity contribution in [2.45, 2.75) is 25.0 Å². The first-order valence-corrected chi connectivity index (χ1v) is 6.96. The fourth-order valence-electron chi connectivity index (χ4n) is 1.83. The lowest BCUT2D eigenvalue weighted by Gasteiger charge is -2.38. The monoisotopic (exact) mass is 260 g/mol. The number of nitrogens with zero attached hydrogens (tertiary/aromatic N) is 2. The molecular formula is C11H24N4OS. The number of methoxy groups -OCH3 is 1. The van der Waals surface area contributed by atoms with Gasteiger partial charge in [0, 0.05) is 43.9 Å². The Morgan fingerprint density at radius 1 is 1.59 bits per heavy atom. The number of rotatable bonds is 4. The lowest BCUT2D eigenvalue weighted by molar-refractivity contribution is 0.197. The van der Waals surface area contributed by atoms with Crippen LogP contribution < -0.4 is 11.3 Å². The Kier molecular flexibility index (Phi) is 6.08. The molecule has 0 amide bonds. The standard InChI is InChI=1S/C11H24N4OS/c1-11(2)9-15(6-8-17-11)10(14-12)13-5-4-7-16-3/h4-9,12H2,1-3H3,(H,13,14). The van der Waals surface area contributed by atoms with Crippen molar-refractivity contribution in [1.29, 1.82) is 0 Å². The summed E-state index contributed by atoms with van der Waals surface area (Å²) in [6.45, 7) is 7.97. The molecule has 1 heterocycles. The molecule has 5 nitrogen and oxygen atoms in total. The third-order valence-electron chi connectivity index (χ3n) is 2.62. The van der Waals surface area contributed by atoms with Gasteiger partial charge in [0.05, 0.1) is 0 Å². The van der Waals surface area contributed by atoms with Gasteiger partial charge >= 0.3 is 0 Å². The number of aliphatic imine (C=N–C) groups is 1. The van der Waals surface area contributed by atoms with E-state index in [-0.39, 0.29) is 4.75 Å².